The monoisotopic (exact) mass is 246 g/mol. The minimum absolute atomic E-state index is 0.424. The van der Waals surface area contributed by atoms with Crippen molar-refractivity contribution >= 4 is 11.6 Å². The van der Waals surface area contributed by atoms with Crippen molar-refractivity contribution in [1.29, 1.82) is 0 Å². The van der Waals surface area contributed by atoms with Crippen LogP contribution in [0, 0.1) is 0 Å². The summed E-state index contributed by atoms with van der Waals surface area (Å²) in [5, 5.41) is 11.7. The van der Waals surface area contributed by atoms with Crippen LogP contribution in [-0.2, 0) is 13.2 Å². The number of nitrogens with zero attached hydrogens (tertiary/aromatic N) is 2. The summed E-state index contributed by atoms with van der Waals surface area (Å²) in [5.74, 6) is 0. The molecule has 0 fully saturated rings. The number of aliphatic hydroxyl groups is 1. The van der Waals surface area contributed by atoms with Gasteiger partial charge in [0.05, 0.1) is 5.56 Å². The van der Waals surface area contributed by atoms with Gasteiger partial charge in [0, 0.05) is 7.05 Å². The summed E-state index contributed by atoms with van der Waals surface area (Å²) >= 11 is 5.47. The van der Waals surface area contributed by atoms with Crippen molar-refractivity contribution in [3.63, 3.8) is 0 Å². The van der Waals surface area contributed by atoms with E-state index in [4.69, 9.17) is 16.7 Å². The first-order valence-corrected chi connectivity index (χ1v) is 4.20. The van der Waals surface area contributed by atoms with E-state index in [0.29, 0.717) is 0 Å². The van der Waals surface area contributed by atoms with Gasteiger partial charge in [-0.1, -0.05) is 11.6 Å². The molecule has 0 aliphatic rings. The molecule has 86 valence electrons. The highest BCUT2D eigenvalue weighted by molar-refractivity contribution is 6.30. The second kappa shape index (κ2) is 3.97. The number of aliphatic hydroxyl groups excluding tert-OH is 1. The van der Waals surface area contributed by atoms with E-state index >= 15 is 0 Å². The Hall–Kier alpha value is -0.820. The Balaban J connectivity index is 3.34. The molecular weight excluding hydrogens is 240 g/mol. The van der Waals surface area contributed by atoms with Crippen LogP contribution in [0.5, 0.6) is 0 Å². The lowest BCUT2D eigenvalue weighted by atomic mass is 10.1. The van der Waals surface area contributed by atoms with Crippen molar-refractivity contribution in [1.82, 2.24) is 9.78 Å². The van der Waals surface area contributed by atoms with Crippen LogP contribution >= 0.6 is 11.6 Å². The second-order valence-electron chi connectivity index (χ2n) is 2.84. The van der Waals surface area contributed by atoms with Crippen molar-refractivity contribution in [2.45, 2.75) is 12.3 Å². The molecule has 0 aromatic carbocycles. The molecule has 1 atom stereocenters. The first-order valence-electron chi connectivity index (χ1n) is 3.82. The van der Waals surface area contributed by atoms with Gasteiger partial charge in [-0.05, 0) is 0 Å². The smallest absolute Gasteiger partial charge is 0.385 e. The molecule has 0 aliphatic carbocycles. The van der Waals surface area contributed by atoms with E-state index in [0.717, 1.165) is 4.68 Å². The SMILES string of the molecule is Cn1nc(C(F)(F)F)c(C(O)CF)c1Cl. The van der Waals surface area contributed by atoms with Gasteiger partial charge < -0.3 is 5.11 Å². The summed E-state index contributed by atoms with van der Waals surface area (Å²) in [5.41, 5.74) is -2.09. The molecule has 15 heavy (non-hydrogen) atoms. The van der Waals surface area contributed by atoms with Gasteiger partial charge in [-0.25, -0.2) is 4.39 Å². The van der Waals surface area contributed by atoms with Gasteiger partial charge in [0.15, 0.2) is 5.69 Å². The predicted molar refractivity (Wildman–Crippen MR) is 44.2 cm³/mol. The van der Waals surface area contributed by atoms with Crippen LogP contribution in [0.1, 0.15) is 17.4 Å². The zero-order valence-corrected chi connectivity index (χ0v) is 8.27. The quantitative estimate of drug-likeness (QED) is 0.812. The van der Waals surface area contributed by atoms with Gasteiger partial charge in [0.25, 0.3) is 0 Å². The van der Waals surface area contributed by atoms with Crippen molar-refractivity contribution < 1.29 is 22.7 Å². The lowest BCUT2D eigenvalue weighted by Gasteiger charge is -2.09. The van der Waals surface area contributed by atoms with Crippen molar-refractivity contribution in [3.05, 3.63) is 16.4 Å². The average Bonchev–Trinajstić information content (AvgIpc) is 2.42. The molecule has 8 heteroatoms. The lowest BCUT2D eigenvalue weighted by molar-refractivity contribution is -0.143. The molecule has 1 N–H and O–H groups in total. The van der Waals surface area contributed by atoms with Crippen LogP contribution in [0.2, 0.25) is 5.15 Å². The Kier molecular flexibility index (Phi) is 3.25. The maximum Gasteiger partial charge on any atom is 0.435 e. The number of alkyl halides is 4. The maximum absolute atomic E-state index is 12.4. The molecule has 0 saturated carbocycles. The third-order valence-corrected chi connectivity index (χ3v) is 2.21. The van der Waals surface area contributed by atoms with E-state index in [1.54, 1.807) is 0 Å². The fourth-order valence-electron chi connectivity index (χ4n) is 1.10. The van der Waals surface area contributed by atoms with E-state index in [2.05, 4.69) is 5.10 Å². The van der Waals surface area contributed by atoms with Crippen molar-refractivity contribution in [3.8, 4) is 0 Å². The first kappa shape index (κ1) is 12.3. The standard InChI is InChI=1S/C7H7ClF4N2O/c1-14-6(8)4(3(15)2-9)5(13-14)7(10,11)12/h3,15H,2H2,1H3. The van der Waals surface area contributed by atoms with E-state index in [-0.39, 0.29) is 0 Å². The molecule has 1 rings (SSSR count). The van der Waals surface area contributed by atoms with E-state index in [1.807, 2.05) is 0 Å². The van der Waals surface area contributed by atoms with Gasteiger partial charge in [0.1, 0.15) is 17.9 Å². The largest absolute Gasteiger partial charge is 0.435 e. The number of halogens is 5. The highest BCUT2D eigenvalue weighted by atomic mass is 35.5. The molecule has 1 aromatic rings. The zero-order chi connectivity index (χ0) is 11.8. The van der Waals surface area contributed by atoms with Gasteiger partial charge in [0.2, 0.25) is 0 Å². The van der Waals surface area contributed by atoms with Crippen LogP contribution in [0.4, 0.5) is 17.6 Å². The minimum atomic E-state index is -4.77. The van der Waals surface area contributed by atoms with E-state index in [9.17, 15) is 17.6 Å². The summed E-state index contributed by atoms with van der Waals surface area (Å²) in [6.07, 6.45) is -6.68. The summed E-state index contributed by atoms with van der Waals surface area (Å²) in [4.78, 5) is 0. The fourth-order valence-corrected chi connectivity index (χ4v) is 1.35. The zero-order valence-electron chi connectivity index (χ0n) is 7.52. The van der Waals surface area contributed by atoms with Crippen LogP contribution in [0.15, 0.2) is 0 Å². The third kappa shape index (κ3) is 2.23. The summed E-state index contributed by atoms with van der Waals surface area (Å²) in [6, 6.07) is 0. The van der Waals surface area contributed by atoms with Crippen LogP contribution in [-0.4, -0.2) is 21.6 Å². The molecule has 1 unspecified atom stereocenters. The van der Waals surface area contributed by atoms with Crippen molar-refractivity contribution in [2.75, 3.05) is 6.67 Å². The molecule has 0 radical (unpaired) electrons. The summed E-state index contributed by atoms with van der Waals surface area (Å²) < 4.78 is 50.0. The number of hydrogen-bond acceptors (Lipinski definition) is 2. The van der Waals surface area contributed by atoms with E-state index in [1.165, 1.54) is 7.05 Å². The Morgan fingerprint density at radius 1 is 1.53 bits per heavy atom. The van der Waals surface area contributed by atoms with Crippen LogP contribution in [0.25, 0.3) is 0 Å². The minimum Gasteiger partial charge on any atom is -0.385 e. The topological polar surface area (TPSA) is 38.0 Å². The highest BCUT2D eigenvalue weighted by Gasteiger charge is 2.40. The van der Waals surface area contributed by atoms with Crippen LogP contribution in [0.3, 0.4) is 0 Å². The first-order chi connectivity index (χ1) is 6.79. The summed E-state index contributed by atoms with van der Waals surface area (Å²) in [7, 11) is 1.17. The molecule has 0 amide bonds. The van der Waals surface area contributed by atoms with Gasteiger partial charge in [-0.15, -0.1) is 0 Å². The second-order valence-corrected chi connectivity index (χ2v) is 3.20. The maximum atomic E-state index is 12.4. The normalized spacial score (nSPS) is 14.3. The Bertz CT molecular complexity index is 363. The number of aromatic nitrogens is 2. The number of rotatable bonds is 2. The molecule has 0 saturated heterocycles. The fraction of sp³-hybridized carbons (Fsp3) is 0.571. The lowest BCUT2D eigenvalue weighted by Crippen LogP contribution is -2.12. The van der Waals surface area contributed by atoms with Crippen molar-refractivity contribution in [2.24, 2.45) is 7.05 Å². The van der Waals surface area contributed by atoms with Gasteiger partial charge in [-0.3, -0.25) is 4.68 Å². The van der Waals surface area contributed by atoms with Gasteiger partial charge >= 0.3 is 6.18 Å². The molecule has 0 spiro atoms. The number of hydrogen-bond donors (Lipinski definition) is 1. The molecule has 0 bridgehead atoms. The number of aryl methyl sites for hydroxylation is 1. The van der Waals surface area contributed by atoms with E-state index < -0.39 is 35.4 Å². The molecule has 1 aromatic heterocycles. The summed E-state index contributed by atoms with van der Waals surface area (Å²) in [6.45, 7) is -1.35. The molecule has 1 heterocycles. The average molecular weight is 247 g/mol. The Morgan fingerprint density at radius 3 is 2.47 bits per heavy atom. The predicted octanol–water partition coefficient (Wildman–Crippen LogP) is 2.10. The molecule has 0 aliphatic heterocycles. The Labute approximate surface area is 87.3 Å². The molecular formula is C7H7ClF4N2O. The third-order valence-electron chi connectivity index (χ3n) is 1.76. The molecule has 3 nitrogen and oxygen atoms in total. The Morgan fingerprint density at radius 2 is 2.07 bits per heavy atom. The van der Waals surface area contributed by atoms with Gasteiger partial charge in [-0.2, -0.15) is 18.3 Å². The highest BCUT2D eigenvalue weighted by Crippen LogP contribution is 2.37. The van der Waals surface area contributed by atoms with Crippen LogP contribution < -0.4 is 0 Å².